The minimum absolute atomic E-state index is 0.0244. The normalized spacial score (nSPS) is 19.7. The summed E-state index contributed by atoms with van der Waals surface area (Å²) in [6.07, 6.45) is 6.37. The van der Waals surface area contributed by atoms with E-state index in [0.29, 0.717) is 0 Å². The van der Waals surface area contributed by atoms with Crippen molar-refractivity contribution >= 4 is 40.3 Å². The van der Waals surface area contributed by atoms with Gasteiger partial charge in [0.25, 0.3) is 0 Å². The number of aryl methyl sites for hydroxylation is 1. The first-order chi connectivity index (χ1) is 15.7. The number of aromatic nitrogens is 3. The SMILES string of the molecule is Cc1nc(N2CCC3(CC2)Cc2ccccc2[C@H]3NC(=O)OC(C)(C)C)n2ccnc2c1I. The zero-order valence-electron chi connectivity index (χ0n) is 19.6. The molecule has 2 aromatic heterocycles. The standard InChI is InChI=1S/C25H30IN5O2/c1-16-19(26)21-27-11-14-31(21)22(28-16)30-12-9-25(10-13-30)15-17-7-5-6-8-18(17)20(25)29-23(32)33-24(2,3)4/h5-8,11,14,20H,9-10,12-13,15H2,1-4H3,(H,29,32)/t20-/m1/s1. The lowest BCUT2D eigenvalue weighted by Crippen LogP contribution is -2.48. The van der Waals surface area contributed by atoms with Gasteiger partial charge in [0.1, 0.15) is 5.60 Å². The van der Waals surface area contributed by atoms with Crippen LogP contribution < -0.4 is 10.2 Å². The second-order valence-electron chi connectivity index (χ2n) is 10.2. The quantitative estimate of drug-likeness (QED) is 0.445. The van der Waals surface area contributed by atoms with Gasteiger partial charge in [-0.25, -0.2) is 14.8 Å². The molecule has 1 aromatic carbocycles. The molecule has 1 fully saturated rings. The van der Waals surface area contributed by atoms with Gasteiger partial charge < -0.3 is 15.0 Å². The third-order valence-corrected chi connectivity index (χ3v) is 8.13. The maximum absolute atomic E-state index is 12.8. The van der Waals surface area contributed by atoms with Crippen molar-refractivity contribution in [2.45, 2.75) is 58.6 Å². The van der Waals surface area contributed by atoms with Crippen LogP contribution in [0.25, 0.3) is 5.65 Å². The predicted molar refractivity (Wildman–Crippen MR) is 137 cm³/mol. The molecule has 5 rings (SSSR count). The third-order valence-electron chi connectivity index (χ3n) is 6.86. The van der Waals surface area contributed by atoms with E-state index in [1.807, 2.05) is 40.1 Å². The van der Waals surface area contributed by atoms with E-state index in [9.17, 15) is 4.79 Å². The van der Waals surface area contributed by atoms with Crippen molar-refractivity contribution in [2.75, 3.05) is 18.0 Å². The van der Waals surface area contributed by atoms with Crippen LogP contribution in [0.3, 0.4) is 0 Å². The molecule has 0 radical (unpaired) electrons. The molecule has 1 saturated heterocycles. The fraction of sp³-hybridized carbons (Fsp3) is 0.480. The van der Waals surface area contributed by atoms with Gasteiger partial charge in [-0.15, -0.1) is 0 Å². The lowest BCUT2D eigenvalue weighted by atomic mass is 9.73. The lowest BCUT2D eigenvalue weighted by Gasteiger charge is -2.44. The molecule has 1 N–H and O–H groups in total. The lowest BCUT2D eigenvalue weighted by molar-refractivity contribution is 0.0428. The van der Waals surface area contributed by atoms with Gasteiger partial charge in [0.05, 0.1) is 15.3 Å². The fourth-order valence-corrected chi connectivity index (χ4v) is 5.85. The summed E-state index contributed by atoms with van der Waals surface area (Å²) < 4.78 is 8.80. The van der Waals surface area contributed by atoms with Crippen LogP contribution in [0.5, 0.6) is 0 Å². The Bertz CT molecular complexity index is 1210. The van der Waals surface area contributed by atoms with Crippen molar-refractivity contribution in [1.82, 2.24) is 19.7 Å². The first-order valence-corrected chi connectivity index (χ1v) is 12.6. The molecule has 2 aliphatic rings. The molecule has 3 aromatic rings. The Hall–Kier alpha value is -2.36. The van der Waals surface area contributed by atoms with Crippen molar-refractivity contribution < 1.29 is 9.53 Å². The number of piperidine rings is 1. The Morgan fingerprint density at radius 1 is 1.24 bits per heavy atom. The molecule has 3 heterocycles. The molecular formula is C25H30IN5O2. The Labute approximate surface area is 208 Å². The Balaban J connectivity index is 1.41. The molecule has 7 nitrogen and oxygen atoms in total. The van der Waals surface area contributed by atoms with E-state index in [1.54, 1.807) is 0 Å². The van der Waals surface area contributed by atoms with Crippen LogP contribution in [0.1, 0.15) is 56.5 Å². The number of carbonyl (C=O) groups is 1. The van der Waals surface area contributed by atoms with E-state index in [4.69, 9.17) is 9.72 Å². The minimum atomic E-state index is -0.525. The molecule has 8 heteroatoms. The van der Waals surface area contributed by atoms with Crippen LogP contribution in [-0.2, 0) is 11.2 Å². The summed E-state index contributed by atoms with van der Waals surface area (Å²) in [5.41, 5.74) is 3.95. The Morgan fingerprint density at radius 2 is 1.97 bits per heavy atom. The molecule has 1 spiro atoms. The molecule has 0 saturated carbocycles. The highest BCUT2D eigenvalue weighted by Gasteiger charge is 2.49. The summed E-state index contributed by atoms with van der Waals surface area (Å²) in [5.74, 6) is 0.947. The third kappa shape index (κ3) is 4.06. The van der Waals surface area contributed by atoms with E-state index in [0.717, 1.165) is 53.2 Å². The number of rotatable bonds is 2. The van der Waals surface area contributed by atoms with Crippen molar-refractivity contribution in [3.8, 4) is 0 Å². The minimum Gasteiger partial charge on any atom is -0.444 e. The number of hydrogen-bond donors (Lipinski definition) is 1. The average Bonchev–Trinajstić information content (AvgIpc) is 3.35. The largest absolute Gasteiger partial charge is 0.444 e. The van der Waals surface area contributed by atoms with E-state index < -0.39 is 5.60 Å². The van der Waals surface area contributed by atoms with Crippen LogP contribution in [0.4, 0.5) is 10.7 Å². The maximum atomic E-state index is 12.8. The van der Waals surface area contributed by atoms with Crippen LogP contribution in [0, 0.1) is 15.9 Å². The number of nitrogens with one attached hydrogen (secondary N) is 1. The molecule has 0 bridgehead atoms. The molecule has 1 atom stereocenters. The van der Waals surface area contributed by atoms with E-state index in [-0.39, 0.29) is 17.6 Å². The van der Waals surface area contributed by atoms with Crippen molar-refractivity contribution in [3.63, 3.8) is 0 Å². The highest BCUT2D eigenvalue weighted by molar-refractivity contribution is 14.1. The molecule has 33 heavy (non-hydrogen) atoms. The van der Waals surface area contributed by atoms with Gasteiger partial charge in [-0.1, -0.05) is 24.3 Å². The number of fused-ring (bicyclic) bond motifs is 2. The smallest absolute Gasteiger partial charge is 0.408 e. The number of amides is 1. The Kier molecular flexibility index (Phi) is 5.54. The summed E-state index contributed by atoms with van der Waals surface area (Å²) in [6, 6.07) is 8.44. The number of imidazole rings is 1. The fourth-order valence-electron chi connectivity index (χ4n) is 5.33. The summed E-state index contributed by atoms with van der Waals surface area (Å²) >= 11 is 2.32. The van der Waals surface area contributed by atoms with Gasteiger partial charge in [-0.05, 0) is 80.7 Å². The van der Waals surface area contributed by atoms with Gasteiger partial charge in [0.2, 0.25) is 5.95 Å². The number of nitrogens with zero attached hydrogens (tertiary/aromatic N) is 4. The van der Waals surface area contributed by atoms with Crippen LogP contribution in [-0.4, -0.2) is 39.2 Å². The van der Waals surface area contributed by atoms with Gasteiger partial charge in [-0.3, -0.25) is 4.40 Å². The summed E-state index contributed by atoms with van der Waals surface area (Å²) in [7, 11) is 0. The molecule has 0 unspecified atom stereocenters. The number of alkyl carbamates (subject to hydrolysis) is 1. The highest BCUT2D eigenvalue weighted by Crippen LogP contribution is 2.52. The second-order valence-corrected chi connectivity index (χ2v) is 11.3. The second kappa shape index (κ2) is 8.14. The summed E-state index contributed by atoms with van der Waals surface area (Å²) in [5, 5.41) is 3.24. The molecule has 1 amide bonds. The van der Waals surface area contributed by atoms with E-state index in [2.05, 4.69) is 66.5 Å². The number of ether oxygens (including phenoxy) is 1. The number of halogens is 1. The zero-order chi connectivity index (χ0) is 23.4. The maximum Gasteiger partial charge on any atom is 0.408 e. The van der Waals surface area contributed by atoms with E-state index >= 15 is 0 Å². The molecule has 1 aliphatic carbocycles. The van der Waals surface area contributed by atoms with Gasteiger partial charge in [0, 0.05) is 30.9 Å². The predicted octanol–water partition coefficient (Wildman–Crippen LogP) is 5.05. The first kappa shape index (κ1) is 22.4. The van der Waals surface area contributed by atoms with E-state index in [1.165, 1.54) is 11.1 Å². The number of carbonyl (C=O) groups excluding carboxylic acids is 1. The van der Waals surface area contributed by atoms with Crippen LogP contribution in [0.15, 0.2) is 36.7 Å². The number of benzene rings is 1. The monoisotopic (exact) mass is 559 g/mol. The highest BCUT2D eigenvalue weighted by atomic mass is 127. The topological polar surface area (TPSA) is 71.8 Å². The molecule has 174 valence electrons. The van der Waals surface area contributed by atoms with Gasteiger partial charge in [0.15, 0.2) is 5.65 Å². The van der Waals surface area contributed by atoms with Gasteiger partial charge in [-0.2, -0.15) is 0 Å². The summed E-state index contributed by atoms with van der Waals surface area (Å²) in [4.78, 5) is 24.6. The Morgan fingerprint density at radius 3 is 2.70 bits per heavy atom. The first-order valence-electron chi connectivity index (χ1n) is 11.5. The van der Waals surface area contributed by atoms with Crippen molar-refractivity contribution in [3.05, 3.63) is 57.1 Å². The number of hydrogen-bond acceptors (Lipinski definition) is 5. The number of anilines is 1. The van der Waals surface area contributed by atoms with Crippen LogP contribution in [0.2, 0.25) is 0 Å². The molecular weight excluding hydrogens is 529 g/mol. The van der Waals surface area contributed by atoms with Crippen molar-refractivity contribution in [2.24, 2.45) is 5.41 Å². The van der Waals surface area contributed by atoms with Crippen molar-refractivity contribution in [1.29, 1.82) is 0 Å². The summed E-state index contributed by atoms with van der Waals surface area (Å²) in [6.45, 7) is 9.49. The van der Waals surface area contributed by atoms with Crippen LogP contribution >= 0.6 is 22.6 Å². The average molecular weight is 559 g/mol. The molecule has 1 aliphatic heterocycles. The zero-order valence-corrected chi connectivity index (χ0v) is 21.7. The van der Waals surface area contributed by atoms with Gasteiger partial charge >= 0.3 is 6.09 Å².